The standard InChI is InChI=1S/C10H6BrF6NO3/c1-20-6(19)3-4-2-5(11)7(9(12,13)14)18-8(4)21-10(15,16)17/h2H,3H2,1H3. The maximum absolute atomic E-state index is 12.6. The molecule has 0 aromatic carbocycles. The molecule has 118 valence electrons. The molecule has 0 radical (unpaired) electrons. The first kappa shape index (κ1) is 17.5. The third-order valence-corrected chi connectivity index (χ3v) is 2.66. The fraction of sp³-hybridized carbons (Fsp3) is 0.400. The summed E-state index contributed by atoms with van der Waals surface area (Å²) in [6.07, 6.45) is -11.0. The molecule has 4 nitrogen and oxygen atoms in total. The average Bonchev–Trinajstić information content (AvgIpc) is 2.29. The highest BCUT2D eigenvalue weighted by Gasteiger charge is 2.39. The number of hydrogen-bond donors (Lipinski definition) is 0. The molecule has 1 aromatic heterocycles. The van der Waals surface area contributed by atoms with Crippen LogP contribution in [0.3, 0.4) is 0 Å². The van der Waals surface area contributed by atoms with Gasteiger partial charge in [-0.05, 0) is 22.0 Å². The Hall–Kier alpha value is -1.52. The predicted octanol–water partition coefficient (Wildman–Crippen LogP) is 3.48. The van der Waals surface area contributed by atoms with Gasteiger partial charge in [0.15, 0.2) is 5.69 Å². The van der Waals surface area contributed by atoms with E-state index in [1.165, 1.54) is 0 Å². The number of nitrogens with zero attached hydrogens (tertiary/aromatic N) is 1. The van der Waals surface area contributed by atoms with E-state index in [4.69, 9.17) is 0 Å². The van der Waals surface area contributed by atoms with Crippen LogP contribution in [-0.4, -0.2) is 24.4 Å². The van der Waals surface area contributed by atoms with Crippen LogP contribution in [0.2, 0.25) is 0 Å². The van der Waals surface area contributed by atoms with Gasteiger partial charge in [0.25, 0.3) is 0 Å². The van der Waals surface area contributed by atoms with Crippen molar-refractivity contribution in [2.75, 3.05) is 7.11 Å². The molecule has 0 saturated carbocycles. The van der Waals surface area contributed by atoms with Gasteiger partial charge in [-0.1, -0.05) is 0 Å². The zero-order valence-electron chi connectivity index (χ0n) is 10.1. The van der Waals surface area contributed by atoms with Gasteiger partial charge in [0.05, 0.1) is 13.5 Å². The number of halogens is 7. The number of ether oxygens (including phenoxy) is 2. The van der Waals surface area contributed by atoms with Crippen LogP contribution in [0.1, 0.15) is 11.3 Å². The Morgan fingerprint density at radius 3 is 2.29 bits per heavy atom. The number of pyridine rings is 1. The molecule has 0 bridgehead atoms. The van der Waals surface area contributed by atoms with E-state index in [1.807, 2.05) is 0 Å². The van der Waals surface area contributed by atoms with E-state index in [9.17, 15) is 31.1 Å². The molecule has 0 atom stereocenters. The Balaban J connectivity index is 3.35. The fourth-order valence-corrected chi connectivity index (χ4v) is 1.85. The number of hydrogen-bond acceptors (Lipinski definition) is 4. The lowest BCUT2D eigenvalue weighted by Crippen LogP contribution is -2.21. The lowest BCUT2D eigenvalue weighted by atomic mass is 10.2. The van der Waals surface area contributed by atoms with Gasteiger partial charge in [0.2, 0.25) is 5.88 Å². The molecule has 0 N–H and O–H groups in total. The summed E-state index contributed by atoms with van der Waals surface area (Å²) in [5.74, 6) is -2.32. The molecule has 0 spiro atoms. The van der Waals surface area contributed by atoms with Crippen LogP contribution < -0.4 is 4.74 Å². The highest BCUT2D eigenvalue weighted by atomic mass is 79.9. The summed E-state index contributed by atoms with van der Waals surface area (Å²) >= 11 is 2.54. The lowest BCUT2D eigenvalue weighted by molar-refractivity contribution is -0.276. The molecule has 0 amide bonds. The van der Waals surface area contributed by atoms with E-state index < -0.39 is 46.5 Å². The topological polar surface area (TPSA) is 48.4 Å². The SMILES string of the molecule is COC(=O)Cc1cc(Br)c(C(F)(F)F)nc1OC(F)(F)F. The van der Waals surface area contributed by atoms with Gasteiger partial charge in [-0.15, -0.1) is 13.2 Å². The summed E-state index contributed by atoms with van der Waals surface area (Å²) in [6, 6.07) is 0.674. The van der Waals surface area contributed by atoms with E-state index >= 15 is 0 Å². The number of alkyl halides is 6. The minimum absolute atomic E-state index is 0.501. The molecule has 0 unspecified atom stereocenters. The number of esters is 1. The zero-order valence-corrected chi connectivity index (χ0v) is 11.7. The summed E-state index contributed by atoms with van der Waals surface area (Å²) in [5, 5.41) is 0. The van der Waals surface area contributed by atoms with Crippen LogP contribution in [0.15, 0.2) is 10.5 Å². The molecule has 1 heterocycles. The number of carbonyl (C=O) groups is 1. The maximum Gasteiger partial charge on any atom is 0.574 e. The van der Waals surface area contributed by atoms with Crippen LogP contribution in [0.5, 0.6) is 5.88 Å². The van der Waals surface area contributed by atoms with Crippen molar-refractivity contribution in [2.45, 2.75) is 19.0 Å². The summed E-state index contributed by atoms with van der Waals surface area (Å²) < 4.78 is 81.4. The van der Waals surface area contributed by atoms with Crippen molar-refractivity contribution in [2.24, 2.45) is 0 Å². The molecule has 0 fully saturated rings. The van der Waals surface area contributed by atoms with Gasteiger partial charge in [0.1, 0.15) is 0 Å². The van der Waals surface area contributed by atoms with Crippen LogP contribution in [0.4, 0.5) is 26.3 Å². The van der Waals surface area contributed by atoms with E-state index in [-0.39, 0.29) is 0 Å². The Morgan fingerprint density at radius 1 is 1.29 bits per heavy atom. The number of carbonyl (C=O) groups excluding carboxylic acids is 1. The predicted molar refractivity (Wildman–Crippen MR) is 59.3 cm³/mol. The van der Waals surface area contributed by atoms with E-state index in [1.54, 1.807) is 0 Å². The molecule has 0 aliphatic carbocycles. The van der Waals surface area contributed by atoms with E-state index in [0.29, 0.717) is 6.07 Å². The van der Waals surface area contributed by atoms with Gasteiger partial charge in [-0.2, -0.15) is 13.2 Å². The monoisotopic (exact) mass is 381 g/mol. The molecule has 1 aromatic rings. The second-order valence-electron chi connectivity index (χ2n) is 3.58. The Morgan fingerprint density at radius 2 is 1.86 bits per heavy atom. The summed E-state index contributed by atoms with van der Waals surface area (Å²) in [6.45, 7) is 0. The van der Waals surface area contributed by atoms with Gasteiger partial charge in [0, 0.05) is 10.0 Å². The number of rotatable bonds is 3. The second-order valence-corrected chi connectivity index (χ2v) is 4.44. The molecule has 21 heavy (non-hydrogen) atoms. The van der Waals surface area contributed by atoms with E-state index in [0.717, 1.165) is 7.11 Å². The van der Waals surface area contributed by atoms with Gasteiger partial charge in [-0.3, -0.25) is 4.79 Å². The fourth-order valence-electron chi connectivity index (χ4n) is 1.26. The lowest BCUT2D eigenvalue weighted by Gasteiger charge is -2.15. The highest BCUT2D eigenvalue weighted by molar-refractivity contribution is 9.10. The largest absolute Gasteiger partial charge is 0.574 e. The van der Waals surface area contributed by atoms with Gasteiger partial charge < -0.3 is 9.47 Å². The summed E-state index contributed by atoms with van der Waals surface area (Å²) in [5.41, 5.74) is -2.10. The summed E-state index contributed by atoms with van der Waals surface area (Å²) in [7, 11) is 0.971. The van der Waals surface area contributed by atoms with Crippen LogP contribution >= 0.6 is 15.9 Å². The van der Waals surface area contributed by atoms with Crippen molar-refractivity contribution in [1.29, 1.82) is 0 Å². The van der Waals surface area contributed by atoms with Crippen LogP contribution in [-0.2, 0) is 22.1 Å². The van der Waals surface area contributed by atoms with Crippen molar-refractivity contribution in [3.63, 3.8) is 0 Å². The van der Waals surface area contributed by atoms with Crippen molar-refractivity contribution in [3.8, 4) is 5.88 Å². The molecule has 0 aliphatic rings. The highest BCUT2D eigenvalue weighted by Crippen LogP contribution is 2.37. The molecular weight excluding hydrogens is 376 g/mol. The molecule has 0 aliphatic heterocycles. The van der Waals surface area contributed by atoms with Crippen molar-refractivity contribution < 1.29 is 40.6 Å². The van der Waals surface area contributed by atoms with Crippen LogP contribution in [0, 0.1) is 0 Å². The molecule has 0 saturated heterocycles. The second kappa shape index (κ2) is 6.08. The van der Waals surface area contributed by atoms with Crippen molar-refractivity contribution >= 4 is 21.9 Å². The zero-order chi connectivity index (χ0) is 16.4. The Bertz CT molecular complexity index is 543. The maximum atomic E-state index is 12.6. The molecule has 11 heteroatoms. The first-order chi connectivity index (χ1) is 9.44. The molecular formula is C10H6BrF6NO3. The third-order valence-electron chi connectivity index (χ3n) is 2.06. The number of aromatic nitrogens is 1. The van der Waals surface area contributed by atoms with Crippen molar-refractivity contribution in [1.82, 2.24) is 4.98 Å². The minimum atomic E-state index is -5.26. The Kier molecular flexibility index (Phi) is 5.07. The molecule has 1 rings (SSSR count). The quantitative estimate of drug-likeness (QED) is 0.594. The smallest absolute Gasteiger partial charge is 0.469 e. The normalized spacial score (nSPS) is 12.2. The third kappa shape index (κ3) is 5.06. The van der Waals surface area contributed by atoms with E-state index in [2.05, 4.69) is 30.4 Å². The first-order valence-electron chi connectivity index (χ1n) is 5.03. The Labute approximate surface area is 122 Å². The summed E-state index contributed by atoms with van der Waals surface area (Å²) in [4.78, 5) is 13.9. The van der Waals surface area contributed by atoms with Crippen molar-refractivity contribution in [3.05, 3.63) is 21.8 Å². The van der Waals surface area contributed by atoms with Gasteiger partial charge >= 0.3 is 18.5 Å². The number of methoxy groups -OCH3 is 1. The first-order valence-corrected chi connectivity index (χ1v) is 5.82. The minimum Gasteiger partial charge on any atom is -0.469 e. The van der Waals surface area contributed by atoms with Crippen LogP contribution in [0.25, 0.3) is 0 Å². The van der Waals surface area contributed by atoms with Gasteiger partial charge in [-0.25, -0.2) is 4.98 Å². The average molecular weight is 382 g/mol.